The Morgan fingerprint density at radius 3 is 2.56 bits per heavy atom. The SMILES string of the molecule is C[C@@H]1CNC[C@H]1CCNC(=O)NC(C)(C)C. The summed E-state index contributed by atoms with van der Waals surface area (Å²) in [5, 5.41) is 9.17. The lowest BCUT2D eigenvalue weighted by atomic mass is 9.95. The quantitative estimate of drug-likeness (QED) is 0.681. The molecule has 94 valence electrons. The standard InChI is InChI=1S/C12H25N3O/c1-9-7-13-8-10(9)5-6-14-11(16)15-12(2,3)4/h9-10,13H,5-8H2,1-4H3,(H2,14,15,16)/t9-,10-/m1/s1. The minimum Gasteiger partial charge on any atom is -0.338 e. The highest BCUT2D eigenvalue weighted by atomic mass is 16.2. The van der Waals surface area contributed by atoms with Crippen molar-refractivity contribution >= 4 is 6.03 Å². The Balaban J connectivity index is 2.13. The third-order valence-electron chi connectivity index (χ3n) is 2.97. The molecule has 0 aliphatic carbocycles. The Bertz CT molecular complexity index is 235. The second kappa shape index (κ2) is 5.53. The van der Waals surface area contributed by atoms with Crippen molar-refractivity contribution in [1.29, 1.82) is 0 Å². The van der Waals surface area contributed by atoms with Crippen LogP contribution in [0.2, 0.25) is 0 Å². The number of nitrogens with one attached hydrogen (secondary N) is 3. The molecule has 0 aromatic heterocycles. The van der Waals surface area contributed by atoms with E-state index in [2.05, 4.69) is 22.9 Å². The molecule has 2 amide bonds. The highest BCUT2D eigenvalue weighted by Crippen LogP contribution is 2.18. The van der Waals surface area contributed by atoms with E-state index in [0.29, 0.717) is 5.92 Å². The van der Waals surface area contributed by atoms with Crippen LogP contribution < -0.4 is 16.0 Å². The molecule has 1 fully saturated rings. The fraction of sp³-hybridized carbons (Fsp3) is 0.917. The summed E-state index contributed by atoms with van der Waals surface area (Å²) in [4.78, 5) is 11.5. The topological polar surface area (TPSA) is 53.2 Å². The van der Waals surface area contributed by atoms with Crippen molar-refractivity contribution in [3.05, 3.63) is 0 Å². The Labute approximate surface area is 98.6 Å². The average Bonchev–Trinajstić information content (AvgIpc) is 2.48. The summed E-state index contributed by atoms with van der Waals surface area (Å²) in [6.45, 7) is 11.2. The summed E-state index contributed by atoms with van der Waals surface area (Å²) >= 11 is 0. The van der Waals surface area contributed by atoms with Crippen LogP contribution >= 0.6 is 0 Å². The maximum atomic E-state index is 11.5. The number of hydrogen-bond donors (Lipinski definition) is 3. The third kappa shape index (κ3) is 4.84. The molecule has 0 radical (unpaired) electrons. The number of urea groups is 1. The van der Waals surface area contributed by atoms with Crippen LogP contribution in [-0.4, -0.2) is 31.2 Å². The van der Waals surface area contributed by atoms with E-state index in [1.165, 1.54) is 0 Å². The highest BCUT2D eigenvalue weighted by Gasteiger charge is 2.22. The van der Waals surface area contributed by atoms with Crippen LogP contribution in [0.15, 0.2) is 0 Å². The highest BCUT2D eigenvalue weighted by molar-refractivity contribution is 5.74. The van der Waals surface area contributed by atoms with Gasteiger partial charge in [0.15, 0.2) is 0 Å². The second-order valence-corrected chi connectivity index (χ2v) is 5.82. The van der Waals surface area contributed by atoms with Crippen LogP contribution in [0, 0.1) is 11.8 Å². The van der Waals surface area contributed by atoms with Gasteiger partial charge in [0.2, 0.25) is 0 Å². The largest absolute Gasteiger partial charge is 0.338 e. The number of hydrogen-bond acceptors (Lipinski definition) is 2. The number of rotatable bonds is 3. The van der Waals surface area contributed by atoms with Crippen molar-refractivity contribution in [3.8, 4) is 0 Å². The van der Waals surface area contributed by atoms with E-state index in [0.717, 1.165) is 32.0 Å². The third-order valence-corrected chi connectivity index (χ3v) is 2.97. The Morgan fingerprint density at radius 1 is 1.38 bits per heavy atom. The number of carbonyl (C=O) groups excluding carboxylic acids is 1. The predicted octanol–water partition coefficient (Wildman–Crippen LogP) is 1.33. The van der Waals surface area contributed by atoms with Crippen LogP contribution in [0.5, 0.6) is 0 Å². The summed E-state index contributed by atoms with van der Waals surface area (Å²) in [7, 11) is 0. The van der Waals surface area contributed by atoms with Crippen molar-refractivity contribution in [2.75, 3.05) is 19.6 Å². The summed E-state index contributed by atoms with van der Waals surface area (Å²) in [6, 6.07) is -0.0638. The first-order valence-electron chi connectivity index (χ1n) is 6.15. The Hall–Kier alpha value is -0.770. The maximum absolute atomic E-state index is 11.5. The second-order valence-electron chi connectivity index (χ2n) is 5.82. The van der Waals surface area contributed by atoms with E-state index in [1.807, 2.05) is 20.8 Å². The Morgan fingerprint density at radius 2 is 2.06 bits per heavy atom. The zero-order valence-electron chi connectivity index (χ0n) is 10.9. The van der Waals surface area contributed by atoms with Gasteiger partial charge >= 0.3 is 6.03 Å². The number of amides is 2. The molecule has 16 heavy (non-hydrogen) atoms. The van der Waals surface area contributed by atoms with Crippen molar-refractivity contribution in [3.63, 3.8) is 0 Å². The smallest absolute Gasteiger partial charge is 0.315 e. The normalized spacial score (nSPS) is 25.5. The van der Waals surface area contributed by atoms with Gasteiger partial charge in [0.25, 0.3) is 0 Å². The van der Waals surface area contributed by atoms with Gasteiger partial charge in [-0.15, -0.1) is 0 Å². The molecule has 1 heterocycles. The molecule has 2 atom stereocenters. The summed E-state index contributed by atoms with van der Waals surface area (Å²) in [5.74, 6) is 1.43. The van der Waals surface area contributed by atoms with E-state index in [4.69, 9.17) is 0 Å². The number of carbonyl (C=O) groups is 1. The summed E-state index contributed by atoms with van der Waals surface area (Å²) < 4.78 is 0. The van der Waals surface area contributed by atoms with E-state index in [9.17, 15) is 4.79 Å². The molecule has 0 aromatic carbocycles. The van der Waals surface area contributed by atoms with E-state index >= 15 is 0 Å². The van der Waals surface area contributed by atoms with Crippen LogP contribution in [0.25, 0.3) is 0 Å². The summed E-state index contributed by atoms with van der Waals surface area (Å²) in [5.41, 5.74) is -0.160. The molecular weight excluding hydrogens is 202 g/mol. The molecule has 4 heteroatoms. The first-order chi connectivity index (χ1) is 7.38. The minimum absolute atomic E-state index is 0.0638. The van der Waals surface area contributed by atoms with E-state index < -0.39 is 0 Å². The van der Waals surface area contributed by atoms with E-state index in [1.54, 1.807) is 0 Å². The molecule has 0 spiro atoms. The molecule has 1 aliphatic rings. The average molecular weight is 227 g/mol. The zero-order chi connectivity index (χ0) is 12.2. The van der Waals surface area contributed by atoms with Gasteiger partial charge in [-0.25, -0.2) is 4.79 Å². The van der Waals surface area contributed by atoms with Gasteiger partial charge in [0, 0.05) is 12.1 Å². The lowest BCUT2D eigenvalue weighted by molar-refractivity contribution is 0.231. The van der Waals surface area contributed by atoms with Gasteiger partial charge in [-0.2, -0.15) is 0 Å². The van der Waals surface area contributed by atoms with Crippen LogP contribution in [-0.2, 0) is 0 Å². The monoisotopic (exact) mass is 227 g/mol. The van der Waals surface area contributed by atoms with Crippen LogP contribution in [0.4, 0.5) is 4.79 Å². The summed E-state index contributed by atoms with van der Waals surface area (Å²) in [6.07, 6.45) is 1.06. The molecular formula is C12H25N3O. The van der Waals surface area contributed by atoms with Gasteiger partial charge in [-0.05, 0) is 52.1 Å². The van der Waals surface area contributed by atoms with Crippen molar-refractivity contribution in [2.45, 2.75) is 39.7 Å². The Kier molecular flexibility index (Phi) is 4.59. The van der Waals surface area contributed by atoms with Gasteiger partial charge < -0.3 is 16.0 Å². The first kappa shape index (κ1) is 13.3. The minimum atomic E-state index is -0.160. The fourth-order valence-electron chi connectivity index (χ4n) is 2.01. The fourth-order valence-corrected chi connectivity index (χ4v) is 2.01. The van der Waals surface area contributed by atoms with Crippen molar-refractivity contribution < 1.29 is 4.79 Å². The molecule has 1 aliphatic heterocycles. The van der Waals surface area contributed by atoms with Crippen LogP contribution in [0.3, 0.4) is 0 Å². The van der Waals surface area contributed by atoms with E-state index in [-0.39, 0.29) is 11.6 Å². The maximum Gasteiger partial charge on any atom is 0.315 e. The van der Waals surface area contributed by atoms with Crippen molar-refractivity contribution in [1.82, 2.24) is 16.0 Å². The molecule has 0 bridgehead atoms. The van der Waals surface area contributed by atoms with Crippen LogP contribution in [0.1, 0.15) is 34.1 Å². The van der Waals surface area contributed by atoms with Gasteiger partial charge in [0.1, 0.15) is 0 Å². The lowest BCUT2D eigenvalue weighted by Gasteiger charge is -2.21. The molecule has 0 saturated carbocycles. The molecule has 4 nitrogen and oxygen atoms in total. The van der Waals surface area contributed by atoms with Gasteiger partial charge in [-0.1, -0.05) is 6.92 Å². The van der Waals surface area contributed by atoms with Gasteiger partial charge in [0.05, 0.1) is 0 Å². The molecule has 0 unspecified atom stereocenters. The molecule has 3 N–H and O–H groups in total. The van der Waals surface area contributed by atoms with Gasteiger partial charge in [-0.3, -0.25) is 0 Å². The zero-order valence-corrected chi connectivity index (χ0v) is 10.9. The van der Waals surface area contributed by atoms with Crippen molar-refractivity contribution in [2.24, 2.45) is 11.8 Å². The molecule has 0 aromatic rings. The lowest BCUT2D eigenvalue weighted by Crippen LogP contribution is -2.46. The first-order valence-corrected chi connectivity index (χ1v) is 6.15. The molecule has 1 saturated heterocycles. The predicted molar refractivity (Wildman–Crippen MR) is 66.4 cm³/mol. The molecule has 1 rings (SSSR count).